The summed E-state index contributed by atoms with van der Waals surface area (Å²) in [4.78, 5) is 32.6. The molecular formula is C23H18ClF3N6O3. The molecule has 0 aliphatic heterocycles. The van der Waals surface area contributed by atoms with Crippen LogP contribution in [-0.2, 0) is 13.2 Å². The van der Waals surface area contributed by atoms with Crippen molar-refractivity contribution < 1.29 is 27.5 Å². The van der Waals surface area contributed by atoms with Crippen molar-refractivity contribution in [2.75, 3.05) is 17.7 Å². The summed E-state index contributed by atoms with van der Waals surface area (Å²) in [7, 11) is 3.10. The Morgan fingerprint density at radius 2 is 1.83 bits per heavy atom. The van der Waals surface area contributed by atoms with Crippen LogP contribution in [0.3, 0.4) is 0 Å². The number of aromatic nitrogens is 3. The second kappa shape index (κ2) is 9.74. The maximum Gasteiger partial charge on any atom is 0.416 e. The first-order valence-corrected chi connectivity index (χ1v) is 10.7. The number of halogens is 4. The van der Waals surface area contributed by atoms with E-state index in [2.05, 4.69) is 25.9 Å². The van der Waals surface area contributed by atoms with E-state index in [1.54, 1.807) is 4.57 Å². The van der Waals surface area contributed by atoms with Crippen molar-refractivity contribution >= 4 is 45.9 Å². The molecule has 0 fully saturated rings. The maximum atomic E-state index is 13.2. The molecule has 3 N–H and O–H groups in total. The Balaban J connectivity index is 1.51. The number of carbonyl (C=O) groups is 2. The maximum absolute atomic E-state index is 13.2. The fourth-order valence-electron chi connectivity index (χ4n) is 3.36. The topological polar surface area (TPSA) is 110 Å². The van der Waals surface area contributed by atoms with Gasteiger partial charge in [-0.3, -0.25) is 4.79 Å². The van der Waals surface area contributed by atoms with E-state index in [0.717, 1.165) is 12.1 Å². The number of hydrogen-bond acceptors (Lipinski definition) is 5. The van der Waals surface area contributed by atoms with Crippen LogP contribution in [-0.4, -0.2) is 33.5 Å². The lowest BCUT2D eigenvalue weighted by Crippen LogP contribution is -2.22. The Kier molecular flexibility index (Phi) is 6.71. The summed E-state index contributed by atoms with van der Waals surface area (Å²) >= 11 is 6.28. The smallest absolute Gasteiger partial charge is 0.416 e. The van der Waals surface area contributed by atoms with Crippen LogP contribution in [0.25, 0.3) is 11.0 Å². The average molecular weight is 519 g/mol. The first-order valence-electron chi connectivity index (χ1n) is 10.3. The highest BCUT2D eigenvalue weighted by Crippen LogP contribution is 2.33. The molecule has 0 bridgehead atoms. The minimum absolute atomic E-state index is 0.106. The van der Waals surface area contributed by atoms with Gasteiger partial charge in [0.1, 0.15) is 17.6 Å². The third-order valence-electron chi connectivity index (χ3n) is 5.04. The molecule has 0 spiro atoms. The highest BCUT2D eigenvalue weighted by Gasteiger charge is 2.32. The lowest BCUT2D eigenvalue weighted by molar-refractivity contribution is -0.137. The van der Waals surface area contributed by atoms with Gasteiger partial charge >= 0.3 is 12.2 Å². The van der Waals surface area contributed by atoms with Crippen LogP contribution in [0.1, 0.15) is 15.9 Å². The van der Waals surface area contributed by atoms with Crippen LogP contribution in [0, 0.1) is 0 Å². The summed E-state index contributed by atoms with van der Waals surface area (Å²) in [6.45, 7) is 0. The van der Waals surface area contributed by atoms with Gasteiger partial charge in [-0.1, -0.05) is 11.6 Å². The molecule has 4 aromatic rings. The standard InChI is InChI=1S/C23H18ClF3N6O3/c1-28-20(34)12-7-13(23(25,26)27)9-14(8-12)31-22(35)32-17-4-3-15(10-16(17)24)36-21-19-18(29-11-30-21)5-6-33(19)2/h3-11H,1-2H3,(H,28,34)(H2,31,32,35). The van der Waals surface area contributed by atoms with E-state index >= 15 is 0 Å². The van der Waals surface area contributed by atoms with Crippen LogP contribution >= 0.6 is 11.6 Å². The van der Waals surface area contributed by atoms with Gasteiger partial charge in [-0.2, -0.15) is 18.2 Å². The summed E-state index contributed by atoms with van der Waals surface area (Å²) in [6, 6.07) is 7.92. The molecular weight excluding hydrogens is 501 g/mol. The quantitative estimate of drug-likeness (QED) is 0.326. The number of nitrogens with one attached hydrogen (secondary N) is 3. The third kappa shape index (κ3) is 5.33. The minimum Gasteiger partial charge on any atom is -0.437 e. The molecule has 0 saturated heterocycles. The van der Waals surface area contributed by atoms with Gasteiger partial charge in [-0.25, -0.2) is 9.78 Å². The Hall–Kier alpha value is -4.32. The van der Waals surface area contributed by atoms with Gasteiger partial charge in [0, 0.05) is 37.6 Å². The SMILES string of the molecule is CNC(=O)c1cc(NC(=O)Nc2ccc(Oc3ncnc4ccn(C)c34)cc2Cl)cc(C(F)(F)F)c1. The normalized spacial score (nSPS) is 11.3. The second-order valence-electron chi connectivity index (χ2n) is 7.54. The van der Waals surface area contributed by atoms with E-state index in [4.69, 9.17) is 16.3 Å². The highest BCUT2D eigenvalue weighted by atomic mass is 35.5. The molecule has 36 heavy (non-hydrogen) atoms. The third-order valence-corrected chi connectivity index (χ3v) is 5.35. The number of nitrogens with zero attached hydrogens (tertiary/aromatic N) is 3. The molecule has 0 atom stereocenters. The zero-order valence-electron chi connectivity index (χ0n) is 18.8. The summed E-state index contributed by atoms with van der Waals surface area (Å²) in [5, 5.41) is 7.10. The molecule has 3 amide bonds. The summed E-state index contributed by atoms with van der Waals surface area (Å²) in [5.74, 6) is -0.0989. The van der Waals surface area contributed by atoms with Crippen molar-refractivity contribution in [3.8, 4) is 11.6 Å². The van der Waals surface area contributed by atoms with Crippen LogP contribution in [0.5, 0.6) is 11.6 Å². The zero-order valence-corrected chi connectivity index (χ0v) is 19.5. The number of anilines is 2. The first kappa shape index (κ1) is 24.8. The van der Waals surface area contributed by atoms with E-state index in [1.165, 1.54) is 31.6 Å². The molecule has 9 nitrogen and oxygen atoms in total. The zero-order chi connectivity index (χ0) is 26.0. The van der Waals surface area contributed by atoms with Crippen LogP contribution in [0.2, 0.25) is 5.02 Å². The number of hydrogen-bond donors (Lipinski definition) is 3. The molecule has 0 unspecified atom stereocenters. The van der Waals surface area contributed by atoms with Crippen molar-refractivity contribution in [3.63, 3.8) is 0 Å². The fourth-order valence-corrected chi connectivity index (χ4v) is 3.57. The van der Waals surface area contributed by atoms with Crippen molar-refractivity contribution in [2.24, 2.45) is 7.05 Å². The average Bonchev–Trinajstić information content (AvgIpc) is 3.21. The predicted molar refractivity (Wildman–Crippen MR) is 128 cm³/mol. The number of alkyl halides is 3. The number of carbonyl (C=O) groups excluding carboxylic acids is 2. The number of amides is 3. The molecule has 4 rings (SSSR count). The highest BCUT2D eigenvalue weighted by molar-refractivity contribution is 6.34. The molecule has 0 aliphatic carbocycles. The number of rotatable bonds is 5. The van der Waals surface area contributed by atoms with Crippen LogP contribution in [0.4, 0.5) is 29.3 Å². The lowest BCUT2D eigenvalue weighted by Gasteiger charge is -2.14. The van der Waals surface area contributed by atoms with Gasteiger partial charge < -0.3 is 25.3 Å². The van der Waals surface area contributed by atoms with E-state index in [9.17, 15) is 22.8 Å². The van der Waals surface area contributed by atoms with Gasteiger partial charge in [0.05, 0.1) is 21.8 Å². The van der Waals surface area contributed by atoms with Gasteiger partial charge in [0.2, 0.25) is 5.88 Å². The number of benzene rings is 2. The molecule has 0 saturated carbocycles. The van der Waals surface area contributed by atoms with Crippen LogP contribution in [0.15, 0.2) is 55.0 Å². The minimum atomic E-state index is -4.72. The summed E-state index contributed by atoms with van der Waals surface area (Å²) in [5.41, 5.74) is -0.0427. The van der Waals surface area contributed by atoms with E-state index in [-0.39, 0.29) is 22.0 Å². The lowest BCUT2D eigenvalue weighted by atomic mass is 10.1. The number of urea groups is 1. The molecule has 2 aromatic heterocycles. The van der Waals surface area contributed by atoms with Crippen molar-refractivity contribution in [1.29, 1.82) is 0 Å². The second-order valence-corrected chi connectivity index (χ2v) is 7.95. The van der Waals surface area contributed by atoms with Gasteiger partial charge in [-0.05, 0) is 36.4 Å². The fraction of sp³-hybridized carbons (Fsp3) is 0.130. The van der Waals surface area contributed by atoms with E-state index in [1.807, 2.05) is 19.3 Å². The summed E-state index contributed by atoms with van der Waals surface area (Å²) in [6.07, 6.45) is -1.54. The van der Waals surface area contributed by atoms with Crippen LogP contribution < -0.4 is 20.7 Å². The molecule has 13 heteroatoms. The Bertz CT molecular complexity index is 1470. The monoisotopic (exact) mass is 518 g/mol. The molecule has 2 aromatic carbocycles. The Morgan fingerprint density at radius 3 is 2.53 bits per heavy atom. The Labute approximate surface area is 207 Å². The largest absolute Gasteiger partial charge is 0.437 e. The van der Waals surface area contributed by atoms with Gasteiger partial charge in [0.25, 0.3) is 5.91 Å². The predicted octanol–water partition coefficient (Wildman–Crippen LogP) is 5.44. The van der Waals surface area contributed by atoms with E-state index < -0.39 is 23.7 Å². The summed E-state index contributed by atoms with van der Waals surface area (Å²) < 4.78 is 47.3. The van der Waals surface area contributed by atoms with Crippen molar-refractivity contribution in [2.45, 2.75) is 6.18 Å². The number of aryl methyl sites for hydroxylation is 1. The molecule has 0 radical (unpaired) electrons. The Morgan fingerprint density at radius 1 is 1.06 bits per heavy atom. The van der Waals surface area contributed by atoms with Crippen molar-refractivity contribution in [3.05, 3.63) is 71.1 Å². The molecule has 0 aliphatic rings. The van der Waals surface area contributed by atoms with Gasteiger partial charge in [-0.15, -0.1) is 0 Å². The van der Waals surface area contributed by atoms with E-state index in [0.29, 0.717) is 28.7 Å². The van der Waals surface area contributed by atoms with Crippen molar-refractivity contribution in [1.82, 2.24) is 19.9 Å². The molecule has 2 heterocycles. The molecule has 186 valence electrons. The number of ether oxygens (including phenoxy) is 1. The first-order chi connectivity index (χ1) is 17.0. The van der Waals surface area contributed by atoms with Gasteiger partial charge in [0.15, 0.2) is 0 Å². The number of fused-ring (bicyclic) bond motifs is 1.